The molecule has 1 aliphatic heterocycles. The summed E-state index contributed by atoms with van der Waals surface area (Å²) >= 11 is 0. The number of pyridine rings is 1. The molecule has 0 spiro atoms. The molecule has 4 N–H and O–H groups in total. The number of nitrogens with one attached hydrogen (secondary N) is 2. The lowest BCUT2D eigenvalue weighted by Gasteiger charge is -2.18. The van der Waals surface area contributed by atoms with Crippen LogP contribution in [0, 0.1) is 10.7 Å². The Morgan fingerprint density at radius 2 is 1.76 bits per heavy atom. The van der Waals surface area contributed by atoms with Gasteiger partial charge in [0, 0.05) is 34.4 Å². The second-order valence-electron chi connectivity index (χ2n) is 7.01. The smallest absolute Gasteiger partial charge is 0.251 e. The van der Waals surface area contributed by atoms with Gasteiger partial charge in [-0.2, -0.15) is 4.39 Å². The van der Waals surface area contributed by atoms with Gasteiger partial charge in [0.15, 0.2) is 0 Å². The molecule has 0 bridgehead atoms. The third-order valence-corrected chi connectivity index (χ3v) is 6.13. The number of nitrogens with two attached hydrogens (primary N) is 1. The number of carbonyl (C=O) groups is 1. The Morgan fingerprint density at radius 1 is 1.07 bits per heavy atom. The third-order valence-electron chi connectivity index (χ3n) is 4.96. The summed E-state index contributed by atoms with van der Waals surface area (Å²) in [5, 5.41) is 2.80. The first-order chi connectivity index (χ1) is 13.7. The topological polar surface area (TPSA) is 109 Å². The molecule has 1 unspecified atom stereocenters. The minimum absolute atomic E-state index is 0.0609. The van der Waals surface area contributed by atoms with E-state index in [0.29, 0.717) is 34.6 Å². The Bertz CT molecular complexity index is 1240. The molecular weight excluding hydrogens is 391 g/mol. The quantitative estimate of drug-likeness (QED) is 0.575. The Balaban J connectivity index is 1.80. The number of halogens is 1. The van der Waals surface area contributed by atoms with Gasteiger partial charge < -0.3 is 11.1 Å². The fourth-order valence-electron chi connectivity index (χ4n) is 3.43. The molecule has 29 heavy (non-hydrogen) atoms. The second kappa shape index (κ2) is 6.97. The standard InChI is InChI=1S/C21H19FN4O2S/c1-29(24,28)15-5-2-12(3-6-15)17-11-18(20(23)26-19(17)22)13-4-7-16-14(10-13)8-9-25-21(16)27/h2-7,10-11,24H,8-9H2,1H3,(H2,23,26)(H,25,27). The van der Waals surface area contributed by atoms with Crippen LogP contribution in [0.4, 0.5) is 10.2 Å². The molecule has 0 radical (unpaired) electrons. The number of fused-ring (bicyclic) bond motifs is 1. The molecule has 148 valence electrons. The fourth-order valence-corrected chi connectivity index (χ4v) is 4.08. The number of nitrogen functional groups attached to an aromatic ring is 1. The Morgan fingerprint density at radius 3 is 2.45 bits per heavy atom. The van der Waals surface area contributed by atoms with Gasteiger partial charge in [0.2, 0.25) is 5.95 Å². The zero-order chi connectivity index (χ0) is 20.8. The van der Waals surface area contributed by atoms with Crippen molar-refractivity contribution in [3.05, 3.63) is 65.6 Å². The van der Waals surface area contributed by atoms with Crippen molar-refractivity contribution in [2.24, 2.45) is 0 Å². The normalized spacial score (nSPS) is 15.3. The predicted molar refractivity (Wildman–Crippen MR) is 111 cm³/mol. The van der Waals surface area contributed by atoms with E-state index < -0.39 is 15.7 Å². The van der Waals surface area contributed by atoms with Crippen molar-refractivity contribution in [1.29, 1.82) is 4.78 Å². The predicted octanol–water partition coefficient (Wildman–Crippen LogP) is 3.46. The lowest BCUT2D eigenvalue weighted by molar-refractivity contribution is 0.0946. The average molecular weight is 410 g/mol. The minimum atomic E-state index is -2.85. The summed E-state index contributed by atoms with van der Waals surface area (Å²) in [6.07, 6.45) is 2.04. The maximum Gasteiger partial charge on any atom is 0.251 e. The minimum Gasteiger partial charge on any atom is -0.383 e. The van der Waals surface area contributed by atoms with E-state index in [0.717, 1.165) is 11.1 Å². The van der Waals surface area contributed by atoms with Gasteiger partial charge in [0.25, 0.3) is 5.91 Å². The van der Waals surface area contributed by atoms with Crippen molar-refractivity contribution in [2.75, 3.05) is 18.5 Å². The molecule has 2 heterocycles. The van der Waals surface area contributed by atoms with Crippen molar-refractivity contribution in [3.8, 4) is 22.3 Å². The molecule has 1 atom stereocenters. The SMILES string of the molecule is CS(=N)(=O)c1ccc(-c2cc(-c3ccc4c(c3)CCNC4=O)c(N)nc2F)cc1. The van der Waals surface area contributed by atoms with Crippen LogP contribution < -0.4 is 11.1 Å². The first-order valence-electron chi connectivity index (χ1n) is 8.96. The summed E-state index contributed by atoms with van der Waals surface area (Å²) < 4.78 is 34.1. The Hall–Kier alpha value is -3.26. The number of carbonyl (C=O) groups excluding carboxylic acids is 1. The fraction of sp³-hybridized carbons (Fsp3) is 0.143. The molecule has 2 aromatic carbocycles. The summed E-state index contributed by atoms with van der Waals surface area (Å²) in [6.45, 7) is 0.570. The number of anilines is 1. The summed E-state index contributed by atoms with van der Waals surface area (Å²) in [5.41, 5.74) is 9.65. The average Bonchev–Trinajstić information content (AvgIpc) is 2.67. The first-order valence-corrected chi connectivity index (χ1v) is 10.9. The first kappa shape index (κ1) is 19.1. The zero-order valence-electron chi connectivity index (χ0n) is 15.7. The second-order valence-corrected chi connectivity index (χ2v) is 9.16. The van der Waals surface area contributed by atoms with Gasteiger partial charge >= 0.3 is 0 Å². The summed E-state index contributed by atoms with van der Waals surface area (Å²) in [4.78, 5) is 16.2. The highest BCUT2D eigenvalue weighted by atomic mass is 32.2. The number of nitrogens with zero attached hydrogens (tertiary/aromatic N) is 1. The van der Waals surface area contributed by atoms with Crippen LogP contribution in [0.1, 0.15) is 15.9 Å². The molecule has 1 amide bonds. The largest absolute Gasteiger partial charge is 0.383 e. The zero-order valence-corrected chi connectivity index (χ0v) is 16.5. The van der Waals surface area contributed by atoms with Gasteiger partial charge in [0.1, 0.15) is 5.82 Å². The molecule has 4 rings (SSSR count). The van der Waals surface area contributed by atoms with Gasteiger partial charge in [-0.05, 0) is 47.4 Å². The van der Waals surface area contributed by atoms with Crippen molar-refractivity contribution in [2.45, 2.75) is 11.3 Å². The van der Waals surface area contributed by atoms with Crippen LogP contribution in [0.25, 0.3) is 22.3 Å². The molecule has 6 nitrogen and oxygen atoms in total. The molecule has 0 fully saturated rings. The molecular formula is C21H19FN4O2S. The van der Waals surface area contributed by atoms with E-state index >= 15 is 0 Å². The summed E-state index contributed by atoms with van der Waals surface area (Å²) in [5.74, 6) is -0.754. The van der Waals surface area contributed by atoms with E-state index in [4.69, 9.17) is 10.5 Å². The van der Waals surface area contributed by atoms with Crippen molar-refractivity contribution in [3.63, 3.8) is 0 Å². The number of hydrogen-bond donors (Lipinski definition) is 3. The molecule has 0 aliphatic carbocycles. The van der Waals surface area contributed by atoms with Crippen molar-refractivity contribution in [1.82, 2.24) is 10.3 Å². The highest BCUT2D eigenvalue weighted by Crippen LogP contribution is 2.33. The molecule has 0 saturated heterocycles. The summed E-state index contributed by atoms with van der Waals surface area (Å²) in [6, 6.07) is 13.4. The molecule has 3 aromatic rings. The van der Waals surface area contributed by atoms with E-state index in [2.05, 4.69) is 10.3 Å². The van der Waals surface area contributed by atoms with Gasteiger partial charge in [-0.15, -0.1) is 0 Å². The van der Waals surface area contributed by atoms with Crippen LogP contribution in [0.3, 0.4) is 0 Å². The summed E-state index contributed by atoms with van der Waals surface area (Å²) in [7, 11) is -2.85. The van der Waals surface area contributed by atoms with Gasteiger partial charge in [-0.1, -0.05) is 24.3 Å². The highest BCUT2D eigenvalue weighted by Gasteiger charge is 2.19. The van der Waals surface area contributed by atoms with Crippen LogP contribution >= 0.6 is 0 Å². The highest BCUT2D eigenvalue weighted by molar-refractivity contribution is 7.91. The maximum atomic E-state index is 14.6. The van der Waals surface area contributed by atoms with Gasteiger partial charge in [-0.25, -0.2) is 14.0 Å². The lowest BCUT2D eigenvalue weighted by atomic mass is 9.94. The maximum absolute atomic E-state index is 14.6. The number of rotatable bonds is 3. The van der Waals surface area contributed by atoms with E-state index in [1.807, 2.05) is 6.07 Å². The third kappa shape index (κ3) is 3.58. The lowest BCUT2D eigenvalue weighted by Crippen LogP contribution is -2.31. The van der Waals surface area contributed by atoms with Gasteiger partial charge in [-0.3, -0.25) is 4.79 Å². The van der Waals surface area contributed by atoms with Crippen LogP contribution in [0.5, 0.6) is 0 Å². The van der Waals surface area contributed by atoms with Crippen LogP contribution in [-0.4, -0.2) is 27.9 Å². The van der Waals surface area contributed by atoms with Crippen LogP contribution in [0.15, 0.2) is 53.4 Å². The Kier molecular flexibility index (Phi) is 4.58. The number of amides is 1. The molecule has 1 aromatic heterocycles. The molecule has 8 heteroatoms. The Labute approximate surface area is 168 Å². The number of hydrogen-bond acceptors (Lipinski definition) is 5. The molecule has 0 saturated carbocycles. The van der Waals surface area contributed by atoms with Crippen LogP contribution in [-0.2, 0) is 16.1 Å². The van der Waals surface area contributed by atoms with E-state index in [-0.39, 0.29) is 17.3 Å². The van der Waals surface area contributed by atoms with E-state index in [9.17, 15) is 13.4 Å². The van der Waals surface area contributed by atoms with Crippen LogP contribution in [0.2, 0.25) is 0 Å². The molecule has 1 aliphatic rings. The van der Waals surface area contributed by atoms with Gasteiger partial charge in [0.05, 0.1) is 9.73 Å². The van der Waals surface area contributed by atoms with E-state index in [1.165, 1.54) is 6.26 Å². The van der Waals surface area contributed by atoms with Crippen molar-refractivity contribution >= 4 is 21.5 Å². The number of benzene rings is 2. The monoisotopic (exact) mass is 410 g/mol. The van der Waals surface area contributed by atoms with E-state index in [1.54, 1.807) is 42.5 Å². The van der Waals surface area contributed by atoms with Crippen molar-refractivity contribution < 1.29 is 13.4 Å². The number of aromatic nitrogens is 1.